The number of Topliss-reactive ketones (excluding diaryl/α,β-unsaturated/α-hetero) is 1. The molecule has 2 amide bonds. The van der Waals surface area contributed by atoms with E-state index < -0.39 is 12.1 Å². The van der Waals surface area contributed by atoms with E-state index in [0.29, 0.717) is 24.9 Å². The van der Waals surface area contributed by atoms with E-state index in [1.165, 1.54) is 24.0 Å². The SMILES string of the molecule is Cc1cc(F)ccc1C1CC(C(=O)[C@@H](C)O)CCN1C(N)=O. The zero-order chi connectivity index (χ0) is 16.4. The molecular weight excluding hydrogens is 287 g/mol. The molecule has 120 valence electrons. The molecule has 0 aliphatic carbocycles. The van der Waals surface area contributed by atoms with Crippen LogP contribution in [0.15, 0.2) is 18.2 Å². The van der Waals surface area contributed by atoms with Crippen molar-refractivity contribution < 1.29 is 19.1 Å². The van der Waals surface area contributed by atoms with E-state index in [2.05, 4.69) is 0 Å². The van der Waals surface area contributed by atoms with E-state index in [9.17, 15) is 19.1 Å². The molecule has 1 aromatic carbocycles. The summed E-state index contributed by atoms with van der Waals surface area (Å²) in [6.07, 6.45) is -0.164. The smallest absolute Gasteiger partial charge is 0.315 e. The first-order valence-electron chi connectivity index (χ1n) is 7.35. The van der Waals surface area contributed by atoms with Crippen molar-refractivity contribution in [3.63, 3.8) is 0 Å². The van der Waals surface area contributed by atoms with Gasteiger partial charge in [-0.1, -0.05) is 6.07 Å². The predicted molar refractivity (Wildman–Crippen MR) is 79.6 cm³/mol. The minimum atomic E-state index is -1.03. The number of likely N-dealkylation sites (tertiary alicyclic amines) is 1. The Morgan fingerprint density at radius 1 is 1.45 bits per heavy atom. The van der Waals surface area contributed by atoms with Gasteiger partial charge in [0.15, 0.2) is 5.78 Å². The number of amides is 2. The first-order valence-corrected chi connectivity index (χ1v) is 7.35. The third kappa shape index (κ3) is 3.27. The Morgan fingerprint density at radius 3 is 2.68 bits per heavy atom. The molecule has 5 nitrogen and oxygen atoms in total. The summed E-state index contributed by atoms with van der Waals surface area (Å²) in [7, 11) is 0. The highest BCUT2D eigenvalue weighted by molar-refractivity contribution is 5.85. The van der Waals surface area contributed by atoms with Crippen LogP contribution in [0.1, 0.15) is 36.9 Å². The summed E-state index contributed by atoms with van der Waals surface area (Å²) in [6, 6.07) is 3.42. The lowest BCUT2D eigenvalue weighted by molar-refractivity contribution is -0.132. The second-order valence-electron chi connectivity index (χ2n) is 5.85. The number of urea groups is 1. The zero-order valence-corrected chi connectivity index (χ0v) is 12.8. The van der Waals surface area contributed by atoms with Crippen molar-refractivity contribution in [1.82, 2.24) is 4.90 Å². The number of primary amides is 1. The van der Waals surface area contributed by atoms with Gasteiger partial charge in [-0.05, 0) is 49.9 Å². The molecule has 3 atom stereocenters. The molecule has 0 spiro atoms. The number of hydrogen-bond acceptors (Lipinski definition) is 3. The van der Waals surface area contributed by atoms with Gasteiger partial charge in [-0.25, -0.2) is 9.18 Å². The molecule has 1 fully saturated rings. The van der Waals surface area contributed by atoms with Crippen LogP contribution in [-0.4, -0.2) is 34.5 Å². The van der Waals surface area contributed by atoms with Crippen LogP contribution in [0, 0.1) is 18.7 Å². The van der Waals surface area contributed by atoms with Gasteiger partial charge < -0.3 is 15.7 Å². The third-order valence-corrected chi connectivity index (χ3v) is 4.29. The van der Waals surface area contributed by atoms with Crippen LogP contribution in [0.4, 0.5) is 9.18 Å². The molecule has 3 N–H and O–H groups in total. The first kappa shape index (κ1) is 16.4. The lowest BCUT2D eigenvalue weighted by Gasteiger charge is -2.39. The number of benzene rings is 1. The van der Waals surface area contributed by atoms with Crippen LogP contribution in [0.3, 0.4) is 0 Å². The third-order valence-electron chi connectivity index (χ3n) is 4.29. The molecule has 1 aromatic rings. The van der Waals surface area contributed by atoms with Gasteiger partial charge in [0.1, 0.15) is 11.9 Å². The molecule has 1 saturated heterocycles. The van der Waals surface area contributed by atoms with Crippen LogP contribution in [0.2, 0.25) is 0 Å². The fourth-order valence-electron chi connectivity index (χ4n) is 3.14. The average Bonchev–Trinajstić information content (AvgIpc) is 2.45. The fraction of sp³-hybridized carbons (Fsp3) is 0.500. The number of aliphatic hydroxyl groups excluding tert-OH is 1. The summed E-state index contributed by atoms with van der Waals surface area (Å²) < 4.78 is 13.3. The number of rotatable bonds is 3. The zero-order valence-electron chi connectivity index (χ0n) is 12.8. The molecule has 0 saturated carbocycles. The minimum absolute atomic E-state index is 0.228. The van der Waals surface area contributed by atoms with Crippen molar-refractivity contribution in [2.24, 2.45) is 11.7 Å². The quantitative estimate of drug-likeness (QED) is 0.894. The van der Waals surface area contributed by atoms with Crippen molar-refractivity contribution in [3.05, 3.63) is 35.1 Å². The van der Waals surface area contributed by atoms with E-state index in [1.54, 1.807) is 13.0 Å². The largest absolute Gasteiger partial charge is 0.386 e. The lowest BCUT2D eigenvalue weighted by Crippen LogP contribution is -2.46. The van der Waals surface area contributed by atoms with E-state index in [4.69, 9.17) is 5.73 Å². The Bertz CT molecular complexity index is 589. The van der Waals surface area contributed by atoms with Crippen LogP contribution >= 0.6 is 0 Å². The van der Waals surface area contributed by atoms with Gasteiger partial charge >= 0.3 is 6.03 Å². The van der Waals surface area contributed by atoms with Gasteiger partial charge in [-0.2, -0.15) is 0 Å². The molecule has 0 bridgehead atoms. The first-order chi connectivity index (χ1) is 10.3. The Hall–Kier alpha value is -1.95. The molecule has 1 aliphatic heterocycles. The standard InChI is InChI=1S/C16H21FN2O3/c1-9-7-12(17)3-4-13(9)14-8-11(15(21)10(2)20)5-6-19(14)16(18)22/h3-4,7,10-11,14,20H,5-6,8H2,1-2H3,(H2,18,22)/t10-,11?,14?/m1/s1. The molecule has 2 unspecified atom stereocenters. The normalized spacial score (nSPS) is 23.2. The molecule has 0 aromatic heterocycles. The van der Waals surface area contributed by atoms with Crippen molar-refractivity contribution in [2.45, 2.75) is 38.8 Å². The number of nitrogens with zero attached hydrogens (tertiary/aromatic N) is 1. The van der Waals surface area contributed by atoms with Crippen molar-refractivity contribution in [3.8, 4) is 0 Å². The number of nitrogens with two attached hydrogens (primary N) is 1. The second kappa shape index (κ2) is 6.44. The average molecular weight is 308 g/mol. The van der Waals surface area contributed by atoms with E-state index in [1.807, 2.05) is 0 Å². The van der Waals surface area contributed by atoms with Crippen molar-refractivity contribution >= 4 is 11.8 Å². The molecule has 0 radical (unpaired) electrons. The number of ketones is 1. The lowest BCUT2D eigenvalue weighted by atomic mass is 9.82. The summed E-state index contributed by atoms with van der Waals surface area (Å²) in [5.41, 5.74) is 6.93. The highest BCUT2D eigenvalue weighted by Crippen LogP contribution is 2.36. The molecule has 2 rings (SSSR count). The summed E-state index contributed by atoms with van der Waals surface area (Å²) in [4.78, 5) is 25.2. The highest BCUT2D eigenvalue weighted by Gasteiger charge is 2.36. The van der Waals surface area contributed by atoms with E-state index >= 15 is 0 Å². The molecular formula is C16H21FN2O3. The fourth-order valence-corrected chi connectivity index (χ4v) is 3.14. The second-order valence-corrected chi connectivity index (χ2v) is 5.85. The maximum atomic E-state index is 13.3. The predicted octanol–water partition coefficient (Wildman–Crippen LogP) is 1.92. The summed E-state index contributed by atoms with van der Waals surface area (Å²) in [6.45, 7) is 3.55. The summed E-state index contributed by atoms with van der Waals surface area (Å²) in [5.74, 6) is -0.904. The van der Waals surface area contributed by atoms with E-state index in [0.717, 1.165) is 5.56 Å². The topological polar surface area (TPSA) is 83.6 Å². The van der Waals surface area contributed by atoms with Crippen LogP contribution in [0.25, 0.3) is 0 Å². The maximum Gasteiger partial charge on any atom is 0.315 e. The Balaban J connectivity index is 2.33. The van der Waals surface area contributed by atoms with Crippen molar-refractivity contribution in [2.75, 3.05) is 6.54 Å². The van der Waals surface area contributed by atoms with E-state index in [-0.39, 0.29) is 23.6 Å². The van der Waals surface area contributed by atoms with Crippen LogP contribution in [0.5, 0.6) is 0 Å². The molecule has 22 heavy (non-hydrogen) atoms. The van der Waals surface area contributed by atoms with Gasteiger partial charge in [-0.15, -0.1) is 0 Å². The maximum absolute atomic E-state index is 13.3. The van der Waals surface area contributed by atoms with Gasteiger partial charge in [0.05, 0.1) is 6.04 Å². The Kier molecular flexibility index (Phi) is 4.81. The number of carbonyl (C=O) groups excluding carboxylic acids is 2. The van der Waals surface area contributed by atoms with Gasteiger partial charge in [0, 0.05) is 12.5 Å². The van der Waals surface area contributed by atoms with Gasteiger partial charge in [-0.3, -0.25) is 4.79 Å². The number of piperidine rings is 1. The Labute approximate surface area is 128 Å². The number of carbonyl (C=O) groups is 2. The number of hydrogen-bond donors (Lipinski definition) is 2. The number of halogens is 1. The Morgan fingerprint density at radius 2 is 2.14 bits per heavy atom. The van der Waals surface area contributed by atoms with Gasteiger partial charge in [0.25, 0.3) is 0 Å². The molecule has 1 heterocycles. The summed E-state index contributed by atoms with van der Waals surface area (Å²) in [5, 5.41) is 9.49. The number of aliphatic hydroxyl groups is 1. The molecule has 1 aliphatic rings. The minimum Gasteiger partial charge on any atom is -0.386 e. The van der Waals surface area contributed by atoms with Crippen LogP contribution in [-0.2, 0) is 4.79 Å². The number of aryl methyl sites for hydroxylation is 1. The molecule has 6 heteroatoms. The van der Waals surface area contributed by atoms with Crippen molar-refractivity contribution in [1.29, 1.82) is 0 Å². The monoisotopic (exact) mass is 308 g/mol. The van der Waals surface area contributed by atoms with Crippen LogP contribution < -0.4 is 5.73 Å². The summed E-state index contributed by atoms with van der Waals surface area (Å²) >= 11 is 0. The highest BCUT2D eigenvalue weighted by atomic mass is 19.1. The van der Waals surface area contributed by atoms with Gasteiger partial charge in [0.2, 0.25) is 0 Å².